The summed E-state index contributed by atoms with van der Waals surface area (Å²) in [7, 11) is 0. The lowest BCUT2D eigenvalue weighted by Crippen LogP contribution is -2.47. The van der Waals surface area contributed by atoms with E-state index >= 15 is 0 Å². The standard InChI is InChI=1S/C42H48N8O4/c1-26(46-40(52)32-18-19-32)39(51)43-22-4-3-7-37-44-24-34(48-37)30-14-10-28(11-15-30)8-9-29-12-16-31(17-13-29)35-25-45-38(49-35)36-6-5-23-50(36)42(54)27(2)47-41(53)33-20-21-33/h10-17,24-27,32-33,36H,3-7,18-23H2,1-2H3,(H,43,51)(H,44,48)(H,45,49)(H,46,52)(H,47,53)/t26?,27-,36?/m1/s1. The molecule has 1 aliphatic heterocycles. The van der Waals surface area contributed by atoms with E-state index in [1.54, 1.807) is 13.8 Å². The highest BCUT2D eigenvalue weighted by Gasteiger charge is 2.37. The number of nitrogens with zero attached hydrogens (tertiary/aromatic N) is 3. The number of hydrogen-bond donors (Lipinski definition) is 5. The lowest BCUT2D eigenvalue weighted by molar-refractivity contribution is -0.137. The van der Waals surface area contributed by atoms with Gasteiger partial charge in [0, 0.05) is 42.5 Å². The number of H-pyrrole nitrogens is 2. The minimum atomic E-state index is -0.551. The fraction of sp³-hybridized carbons (Fsp3) is 0.429. The molecule has 3 fully saturated rings. The van der Waals surface area contributed by atoms with Gasteiger partial charge in [-0.2, -0.15) is 0 Å². The molecule has 3 heterocycles. The Balaban J connectivity index is 0.863. The topological polar surface area (TPSA) is 165 Å². The van der Waals surface area contributed by atoms with Crippen LogP contribution in [0, 0.1) is 23.7 Å². The highest BCUT2D eigenvalue weighted by atomic mass is 16.2. The van der Waals surface area contributed by atoms with Gasteiger partial charge in [0.15, 0.2) is 0 Å². The molecule has 2 aromatic carbocycles. The predicted molar refractivity (Wildman–Crippen MR) is 204 cm³/mol. The summed E-state index contributed by atoms with van der Waals surface area (Å²) < 4.78 is 0. The van der Waals surface area contributed by atoms with Crippen LogP contribution in [-0.4, -0.2) is 73.6 Å². The van der Waals surface area contributed by atoms with E-state index in [0.717, 1.165) is 103 Å². The Bertz CT molecular complexity index is 2030. The molecule has 7 rings (SSSR count). The van der Waals surface area contributed by atoms with Crippen molar-refractivity contribution in [2.45, 2.75) is 89.8 Å². The molecule has 1 saturated heterocycles. The van der Waals surface area contributed by atoms with Crippen LogP contribution in [-0.2, 0) is 25.6 Å². The van der Waals surface area contributed by atoms with E-state index in [2.05, 4.69) is 47.7 Å². The molecule has 0 spiro atoms. The van der Waals surface area contributed by atoms with Crippen molar-refractivity contribution in [3.63, 3.8) is 0 Å². The zero-order valence-corrected chi connectivity index (χ0v) is 30.9. The number of imidazole rings is 2. The molecule has 280 valence electrons. The van der Waals surface area contributed by atoms with Gasteiger partial charge < -0.3 is 30.8 Å². The molecule has 2 saturated carbocycles. The third-order valence-electron chi connectivity index (χ3n) is 10.3. The molecular formula is C42H48N8O4. The quantitative estimate of drug-likeness (QED) is 0.0925. The van der Waals surface area contributed by atoms with Gasteiger partial charge in [0.1, 0.15) is 23.7 Å². The number of carbonyl (C=O) groups excluding carboxylic acids is 4. The van der Waals surface area contributed by atoms with Crippen LogP contribution in [0.3, 0.4) is 0 Å². The maximum absolute atomic E-state index is 13.2. The molecule has 54 heavy (non-hydrogen) atoms. The van der Waals surface area contributed by atoms with E-state index in [9.17, 15) is 19.2 Å². The van der Waals surface area contributed by atoms with Crippen molar-refractivity contribution in [1.29, 1.82) is 0 Å². The van der Waals surface area contributed by atoms with E-state index in [0.29, 0.717) is 13.1 Å². The fourth-order valence-electron chi connectivity index (χ4n) is 6.73. The second kappa shape index (κ2) is 16.5. The maximum atomic E-state index is 13.2. The Labute approximate surface area is 315 Å². The monoisotopic (exact) mass is 728 g/mol. The Morgan fingerprint density at radius 1 is 0.759 bits per heavy atom. The number of unbranched alkanes of at least 4 members (excludes halogenated alkanes) is 1. The summed E-state index contributed by atoms with van der Waals surface area (Å²) in [6, 6.07) is 14.9. The van der Waals surface area contributed by atoms with Crippen molar-refractivity contribution in [1.82, 2.24) is 40.8 Å². The molecule has 3 atom stereocenters. The normalized spacial score (nSPS) is 17.6. The first-order valence-corrected chi connectivity index (χ1v) is 19.2. The Morgan fingerprint density at radius 2 is 1.33 bits per heavy atom. The highest BCUT2D eigenvalue weighted by molar-refractivity contribution is 5.90. The third kappa shape index (κ3) is 9.26. The number of nitrogens with one attached hydrogen (secondary N) is 5. The lowest BCUT2D eigenvalue weighted by Gasteiger charge is -2.26. The molecule has 2 aromatic heterocycles. The summed E-state index contributed by atoms with van der Waals surface area (Å²) >= 11 is 0. The summed E-state index contributed by atoms with van der Waals surface area (Å²) in [6.07, 6.45) is 11.5. The molecule has 4 aromatic rings. The third-order valence-corrected chi connectivity index (χ3v) is 10.3. The molecule has 0 radical (unpaired) electrons. The van der Waals surface area contributed by atoms with Crippen molar-refractivity contribution in [2.75, 3.05) is 13.1 Å². The first kappa shape index (κ1) is 36.6. The predicted octanol–water partition coefficient (Wildman–Crippen LogP) is 4.80. The average molecular weight is 729 g/mol. The molecule has 2 unspecified atom stereocenters. The number of aromatic amines is 2. The van der Waals surface area contributed by atoms with Crippen LogP contribution in [0.25, 0.3) is 22.5 Å². The van der Waals surface area contributed by atoms with E-state index in [4.69, 9.17) is 0 Å². The number of rotatable bonds is 14. The van der Waals surface area contributed by atoms with Crippen molar-refractivity contribution in [2.24, 2.45) is 11.8 Å². The van der Waals surface area contributed by atoms with Gasteiger partial charge in [-0.3, -0.25) is 19.2 Å². The Kier molecular flexibility index (Phi) is 11.2. The van der Waals surface area contributed by atoms with E-state index in [1.807, 2.05) is 65.8 Å². The van der Waals surface area contributed by atoms with Gasteiger partial charge in [-0.1, -0.05) is 36.1 Å². The second-order valence-electron chi connectivity index (χ2n) is 14.8. The molecule has 12 nitrogen and oxygen atoms in total. The van der Waals surface area contributed by atoms with Gasteiger partial charge in [0.25, 0.3) is 0 Å². The molecular weight excluding hydrogens is 681 g/mol. The number of aryl methyl sites for hydroxylation is 1. The van der Waals surface area contributed by atoms with Crippen LogP contribution in [0.4, 0.5) is 0 Å². The largest absolute Gasteiger partial charge is 0.354 e. The fourth-order valence-corrected chi connectivity index (χ4v) is 6.73. The molecule has 4 amide bonds. The Hall–Kier alpha value is -5.70. The van der Waals surface area contributed by atoms with E-state index in [1.165, 1.54) is 0 Å². The summed E-state index contributed by atoms with van der Waals surface area (Å²) in [6.45, 7) is 4.69. The molecule has 3 aliphatic rings. The van der Waals surface area contributed by atoms with Crippen molar-refractivity contribution in [3.05, 3.63) is 83.7 Å². The van der Waals surface area contributed by atoms with Crippen LogP contribution in [0.5, 0.6) is 0 Å². The minimum absolute atomic E-state index is 0.0221. The van der Waals surface area contributed by atoms with Crippen molar-refractivity contribution in [3.8, 4) is 34.4 Å². The van der Waals surface area contributed by atoms with Gasteiger partial charge in [-0.15, -0.1) is 0 Å². The van der Waals surface area contributed by atoms with Gasteiger partial charge >= 0.3 is 0 Å². The summed E-state index contributed by atoms with van der Waals surface area (Å²) in [4.78, 5) is 67.4. The van der Waals surface area contributed by atoms with Crippen LogP contribution in [0.2, 0.25) is 0 Å². The summed E-state index contributed by atoms with van der Waals surface area (Å²) in [5.74, 6) is 8.06. The SMILES string of the molecule is CC(NC(=O)C1CC1)C(=O)NCCCCc1ncc(-c2ccc(C#Cc3ccc(-c4cnc(C5CCCN5C(=O)[C@@H](C)NC(=O)C5CC5)[nH]4)cc3)cc2)[nH]1. The highest BCUT2D eigenvalue weighted by Crippen LogP contribution is 2.33. The zero-order valence-electron chi connectivity index (χ0n) is 30.9. The maximum Gasteiger partial charge on any atom is 0.245 e. The number of likely N-dealkylation sites (tertiary alicyclic amines) is 1. The first-order valence-electron chi connectivity index (χ1n) is 19.2. The Morgan fingerprint density at radius 3 is 1.94 bits per heavy atom. The van der Waals surface area contributed by atoms with Gasteiger partial charge in [0.05, 0.1) is 29.8 Å². The minimum Gasteiger partial charge on any atom is -0.354 e. The molecule has 5 N–H and O–H groups in total. The van der Waals surface area contributed by atoms with Crippen LogP contribution >= 0.6 is 0 Å². The number of benzene rings is 2. The summed E-state index contributed by atoms with van der Waals surface area (Å²) in [5.41, 5.74) is 5.62. The van der Waals surface area contributed by atoms with Gasteiger partial charge in [-0.05, 0) is 101 Å². The lowest BCUT2D eigenvalue weighted by atomic mass is 10.1. The second-order valence-corrected chi connectivity index (χ2v) is 14.8. The van der Waals surface area contributed by atoms with Crippen molar-refractivity contribution < 1.29 is 19.2 Å². The van der Waals surface area contributed by atoms with E-state index < -0.39 is 12.1 Å². The number of hydrogen-bond acceptors (Lipinski definition) is 6. The van der Waals surface area contributed by atoms with Gasteiger partial charge in [0.2, 0.25) is 23.6 Å². The number of aromatic nitrogens is 4. The van der Waals surface area contributed by atoms with Crippen molar-refractivity contribution >= 4 is 23.6 Å². The smallest absolute Gasteiger partial charge is 0.245 e. The van der Waals surface area contributed by atoms with Crippen LogP contribution < -0.4 is 16.0 Å². The van der Waals surface area contributed by atoms with E-state index in [-0.39, 0.29) is 41.5 Å². The van der Waals surface area contributed by atoms with Gasteiger partial charge in [-0.25, -0.2) is 9.97 Å². The molecule has 0 bridgehead atoms. The number of amides is 4. The molecule has 2 aliphatic carbocycles. The van der Waals surface area contributed by atoms with Crippen LogP contribution in [0.15, 0.2) is 60.9 Å². The zero-order chi connectivity index (χ0) is 37.6. The summed E-state index contributed by atoms with van der Waals surface area (Å²) in [5, 5.41) is 8.57. The van der Waals surface area contributed by atoms with Crippen LogP contribution in [0.1, 0.15) is 94.0 Å². The number of carbonyl (C=O) groups is 4. The molecule has 12 heteroatoms. The first-order chi connectivity index (χ1) is 26.2. The average Bonchev–Trinajstić information content (AvgIpc) is 4.07.